The third kappa shape index (κ3) is 4.65. The predicted octanol–water partition coefficient (Wildman–Crippen LogP) is 2.13. The van der Waals surface area contributed by atoms with Crippen molar-refractivity contribution in [1.82, 2.24) is 0 Å². The topological polar surface area (TPSA) is 0 Å². The van der Waals surface area contributed by atoms with Crippen LogP contribution in [0.4, 0.5) is 0 Å². The Kier molecular flexibility index (Phi) is 2.31. The zero-order chi connectivity index (χ0) is 5.21. The average molecular weight is 120 g/mol. The first kappa shape index (κ1) is 6.65. The Morgan fingerprint density at radius 1 is 1.17 bits per heavy atom. The van der Waals surface area contributed by atoms with Crippen LogP contribution in [0, 0.1) is 0 Å². The van der Waals surface area contributed by atoms with Crippen molar-refractivity contribution >= 4 is 15.9 Å². The van der Waals surface area contributed by atoms with Gasteiger partial charge >= 0.3 is 0 Å². The lowest BCUT2D eigenvalue weighted by Gasteiger charge is -2.09. The Morgan fingerprint density at radius 3 is 1.33 bits per heavy atom. The summed E-state index contributed by atoms with van der Waals surface area (Å²) in [6.45, 7) is 9.48. The highest BCUT2D eigenvalue weighted by Crippen LogP contribution is 2.21. The lowest BCUT2D eigenvalue weighted by molar-refractivity contribution is 1.87. The van der Waals surface area contributed by atoms with Gasteiger partial charge in [-0.15, -0.1) is 8.13 Å². The molecule has 0 aromatic heterocycles. The van der Waals surface area contributed by atoms with Crippen LogP contribution in [-0.4, -0.2) is 14.4 Å². The molecule has 1 atom stereocenters. The van der Waals surface area contributed by atoms with Crippen LogP contribution in [0.2, 0.25) is 19.6 Å². The highest BCUT2D eigenvalue weighted by molar-refractivity contribution is 7.80. The minimum atomic E-state index is -0.603. The van der Waals surface area contributed by atoms with E-state index < -0.39 is 7.74 Å². The van der Waals surface area contributed by atoms with E-state index in [1.807, 2.05) is 0 Å². The predicted molar refractivity (Wildman–Crippen MR) is 37.6 cm³/mol. The molecular formula is C4H13PSi. The van der Waals surface area contributed by atoms with Crippen LogP contribution in [-0.2, 0) is 0 Å². The molecule has 0 aromatic rings. The van der Waals surface area contributed by atoms with E-state index in [9.17, 15) is 0 Å². The van der Waals surface area contributed by atoms with E-state index >= 15 is 0 Å². The summed E-state index contributed by atoms with van der Waals surface area (Å²) in [6.07, 6.45) is 0. The molecule has 0 N–H and O–H groups in total. The fourth-order valence-corrected chi connectivity index (χ4v) is 0. The van der Waals surface area contributed by atoms with Gasteiger partial charge in [0.05, 0.1) is 7.74 Å². The Morgan fingerprint density at radius 2 is 1.33 bits per heavy atom. The van der Waals surface area contributed by atoms with Crippen molar-refractivity contribution in [1.29, 1.82) is 0 Å². The van der Waals surface area contributed by atoms with E-state index in [0.717, 1.165) is 0 Å². The van der Waals surface area contributed by atoms with Gasteiger partial charge < -0.3 is 0 Å². The van der Waals surface area contributed by atoms with Gasteiger partial charge in [0.25, 0.3) is 0 Å². The molecule has 0 saturated carbocycles. The third-order valence-electron chi connectivity index (χ3n) is 0.750. The van der Waals surface area contributed by atoms with Gasteiger partial charge in [0.2, 0.25) is 0 Å². The second-order valence-electron chi connectivity index (χ2n) is 2.50. The van der Waals surface area contributed by atoms with Crippen molar-refractivity contribution in [3.05, 3.63) is 0 Å². The summed E-state index contributed by atoms with van der Waals surface area (Å²) in [5.41, 5.74) is 0. The molecule has 0 aromatic carbocycles. The first-order chi connectivity index (χ1) is 2.56. The van der Waals surface area contributed by atoms with E-state index in [1.165, 1.54) is 8.13 Å². The van der Waals surface area contributed by atoms with Crippen molar-refractivity contribution < 1.29 is 0 Å². The van der Waals surface area contributed by atoms with Crippen LogP contribution in [0.25, 0.3) is 0 Å². The Labute approximate surface area is 43.0 Å². The van der Waals surface area contributed by atoms with E-state index in [-0.39, 0.29) is 0 Å². The number of rotatable bonds is 1. The minimum absolute atomic E-state index is 0.603. The Hall–Kier alpha value is 0.647. The third-order valence-corrected chi connectivity index (χ3v) is 6.75. The molecule has 0 aliphatic carbocycles. The SMILES string of the molecule is CP[Si](C)(C)C. The van der Waals surface area contributed by atoms with Crippen molar-refractivity contribution in [2.45, 2.75) is 19.6 Å². The lowest BCUT2D eigenvalue weighted by Crippen LogP contribution is -2.09. The zero-order valence-corrected chi connectivity index (χ0v) is 7.00. The van der Waals surface area contributed by atoms with E-state index in [0.29, 0.717) is 0 Å². The fourth-order valence-electron chi connectivity index (χ4n) is 0. The molecule has 38 valence electrons. The molecular weight excluding hydrogens is 107 g/mol. The smallest absolute Gasteiger partial charge is 0.0682 e. The van der Waals surface area contributed by atoms with Gasteiger partial charge in [-0.2, -0.15) is 0 Å². The molecule has 1 unspecified atom stereocenters. The molecule has 0 amide bonds. The minimum Gasteiger partial charge on any atom is -0.137 e. The molecule has 6 heavy (non-hydrogen) atoms. The molecule has 0 bridgehead atoms. The Balaban J connectivity index is 3.17. The van der Waals surface area contributed by atoms with Gasteiger partial charge in [-0.05, 0) is 0 Å². The molecule has 0 fully saturated rings. The maximum Gasteiger partial charge on any atom is 0.0682 e. The zero-order valence-electron chi connectivity index (χ0n) is 5.00. The van der Waals surface area contributed by atoms with Crippen molar-refractivity contribution in [2.24, 2.45) is 0 Å². The first-order valence-corrected chi connectivity index (χ1v) is 8.25. The van der Waals surface area contributed by atoms with Crippen molar-refractivity contribution in [3.63, 3.8) is 0 Å². The molecule has 2 heteroatoms. The maximum absolute atomic E-state index is 2.39. The first-order valence-electron chi connectivity index (χ1n) is 2.25. The van der Waals surface area contributed by atoms with Gasteiger partial charge in [0.15, 0.2) is 0 Å². The summed E-state index contributed by atoms with van der Waals surface area (Å²) in [6, 6.07) is 0. The van der Waals surface area contributed by atoms with E-state index in [1.54, 1.807) is 0 Å². The average Bonchev–Trinajstić information content (AvgIpc) is 1.35. The van der Waals surface area contributed by atoms with E-state index in [4.69, 9.17) is 0 Å². The van der Waals surface area contributed by atoms with Gasteiger partial charge in [-0.25, -0.2) is 0 Å². The van der Waals surface area contributed by atoms with Gasteiger partial charge in [0, 0.05) is 0 Å². The lowest BCUT2D eigenvalue weighted by atomic mass is 11.8. The molecule has 0 saturated heterocycles. The molecule has 0 radical (unpaired) electrons. The second kappa shape index (κ2) is 2.09. The van der Waals surface area contributed by atoms with Gasteiger partial charge in [0.1, 0.15) is 0 Å². The summed E-state index contributed by atoms with van der Waals surface area (Å²) in [7, 11) is 0.603. The highest BCUT2D eigenvalue weighted by atomic mass is 31.3. The summed E-state index contributed by atoms with van der Waals surface area (Å²) in [5.74, 6) is 0. The number of hydrogen-bond acceptors (Lipinski definition) is 0. The largest absolute Gasteiger partial charge is 0.137 e. The second-order valence-corrected chi connectivity index (χ2v) is 13.5. The van der Waals surface area contributed by atoms with Crippen LogP contribution >= 0.6 is 8.13 Å². The van der Waals surface area contributed by atoms with Crippen LogP contribution in [0.1, 0.15) is 0 Å². The molecule has 0 rings (SSSR count). The number of hydrogen-bond donors (Lipinski definition) is 0. The van der Waals surface area contributed by atoms with Crippen molar-refractivity contribution in [2.75, 3.05) is 6.66 Å². The van der Waals surface area contributed by atoms with Crippen LogP contribution in [0.15, 0.2) is 0 Å². The fraction of sp³-hybridized carbons (Fsp3) is 1.00. The molecule has 0 spiro atoms. The maximum atomic E-state index is 2.39. The van der Waals surface area contributed by atoms with Crippen LogP contribution in [0.3, 0.4) is 0 Å². The molecule has 0 aliphatic heterocycles. The van der Waals surface area contributed by atoms with Crippen LogP contribution in [0.5, 0.6) is 0 Å². The van der Waals surface area contributed by atoms with Crippen LogP contribution < -0.4 is 0 Å². The Bertz CT molecular complexity index is 37.3. The highest BCUT2D eigenvalue weighted by Gasteiger charge is 2.06. The molecule has 0 aliphatic rings. The summed E-state index contributed by atoms with van der Waals surface area (Å²) < 4.78 is 0. The van der Waals surface area contributed by atoms with Crippen molar-refractivity contribution in [3.8, 4) is 0 Å². The standard InChI is InChI=1S/C4H13PSi/c1-5-6(2,3)4/h5H,1-4H3. The quantitative estimate of drug-likeness (QED) is 0.367. The molecule has 0 heterocycles. The summed E-state index contributed by atoms with van der Waals surface area (Å²) in [5, 5.41) is 0. The van der Waals surface area contributed by atoms with Gasteiger partial charge in [-0.3, -0.25) is 0 Å². The monoisotopic (exact) mass is 120 g/mol. The normalized spacial score (nSPS) is 14.0. The van der Waals surface area contributed by atoms with Gasteiger partial charge in [-0.1, -0.05) is 26.3 Å². The molecule has 0 nitrogen and oxygen atoms in total. The summed E-state index contributed by atoms with van der Waals surface area (Å²) in [4.78, 5) is 0. The summed E-state index contributed by atoms with van der Waals surface area (Å²) >= 11 is 0. The van der Waals surface area contributed by atoms with E-state index in [2.05, 4.69) is 26.3 Å².